The number of carboxylic acids is 2. The van der Waals surface area contributed by atoms with E-state index in [1.807, 2.05) is 35.4 Å². The van der Waals surface area contributed by atoms with Crippen LogP contribution >= 0.6 is 7.75 Å². The van der Waals surface area contributed by atoms with Crippen molar-refractivity contribution in [2.24, 2.45) is 5.92 Å². The van der Waals surface area contributed by atoms with Crippen molar-refractivity contribution >= 4 is 26.0 Å². The molecule has 9 nitrogen and oxygen atoms in total. The third-order valence-electron chi connectivity index (χ3n) is 3.59. The first-order chi connectivity index (χ1) is 12.2. The van der Waals surface area contributed by atoms with Crippen LogP contribution in [-0.4, -0.2) is 46.0 Å². The summed E-state index contributed by atoms with van der Waals surface area (Å²) in [5.41, 5.74) is 0.929. The highest BCUT2D eigenvalue weighted by molar-refractivity contribution is 7.50. The maximum Gasteiger partial charge on any atom is 0.403 e. The van der Waals surface area contributed by atoms with E-state index in [9.17, 15) is 28.9 Å². The lowest BCUT2D eigenvalue weighted by molar-refractivity contribution is -0.143. The Bertz CT molecular complexity index is 651. The van der Waals surface area contributed by atoms with E-state index in [1.54, 1.807) is 0 Å². The van der Waals surface area contributed by atoms with Gasteiger partial charge in [-0.2, -0.15) is 0 Å². The summed E-state index contributed by atoms with van der Waals surface area (Å²) < 4.78 is 16.7. The number of aliphatic carboxylic acids is 2. The van der Waals surface area contributed by atoms with E-state index in [0.29, 0.717) is 12.7 Å². The molecular formula is C16H22NO8P. The quantitative estimate of drug-likeness (QED) is 0.291. The van der Waals surface area contributed by atoms with Crippen LogP contribution in [0.25, 0.3) is 0 Å². The molecule has 3 atom stereocenters. The Kier molecular flexibility index (Phi) is 9.15. The van der Waals surface area contributed by atoms with Crippen LogP contribution in [0.15, 0.2) is 30.3 Å². The molecule has 0 aliphatic heterocycles. The van der Waals surface area contributed by atoms with E-state index in [4.69, 9.17) is 9.63 Å². The molecule has 0 aromatic heterocycles. The molecule has 10 heteroatoms. The van der Waals surface area contributed by atoms with Crippen LogP contribution in [-0.2, 0) is 29.9 Å². The van der Waals surface area contributed by atoms with E-state index in [0.717, 1.165) is 5.56 Å². The number of hydrogen-bond donors (Lipinski definition) is 4. The van der Waals surface area contributed by atoms with Crippen molar-refractivity contribution in [2.45, 2.75) is 31.7 Å². The number of rotatable bonds is 13. The number of aryl methyl sites for hydroxylation is 1. The number of hydrogen-bond acceptors (Lipinski definition) is 5. The number of benzene rings is 1. The fourth-order valence-corrected chi connectivity index (χ4v) is 3.21. The molecule has 2 unspecified atom stereocenters. The minimum atomic E-state index is -4.45. The minimum absolute atomic E-state index is 0.191. The number of carboxylic acid groups (broad SMARTS) is 2. The normalized spacial score (nSPS) is 15.6. The summed E-state index contributed by atoms with van der Waals surface area (Å²) in [6, 6.07) is 7.98. The molecule has 0 saturated heterocycles. The monoisotopic (exact) mass is 387 g/mol. The van der Waals surface area contributed by atoms with Gasteiger partial charge in [-0.15, -0.1) is 0 Å². The smallest absolute Gasteiger partial charge is 0.403 e. The van der Waals surface area contributed by atoms with Gasteiger partial charge in [-0.1, -0.05) is 30.3 Å². The second-order valence-electron chi connectivity index (χ2n) is 5.68. The Balaban J connectivity index is 2.54. The summed E-state index contributed by atoms with van der Waals surface area (Å²) >= 11 is 0. The molecule has 1 rings (SSSR count). The predicted octanol–water partition coefficient (Wildman–Crippen LogP) is 1.46. The van der Waals surface area contributed by atoms with Crippen LogP contribution in [0.2, 0.25) is 0 Å². The van der Waals surface area contributed by atoms with Crippen molar-refractivity contribution in [3.63, 3.8) is 0 Å². The molecule has 0 saturated carbocycles. The van der Waals surface area contributed by atoms with Crippen molar-refractivity contribution in [3.05, 3.63) is 35.9 Å². The second kappa shape index (κ2) is 10.8. The van der Waals surface area contributed by atoms with Gasteiger partial charge in [0.2, 0.25) is 0 Å². The fraction of sp³-hybridized carbons (Fsp3) is 0.438. The molecule has 0 amide bonds. The average Bonchev–Trinajstić information content (AvgIpc) is 2.58. The molecular weight excluding hydrogens is 365 g/mol. The molecule has 144 valence electrons. The first-order valence-electron chi connectivity index (χ1n) is 7.92. The molecule has 1 aromatic carbocycles. The molecule has 0 spiro atoms. The lowest BCUT2D eigenvalue weighted by Crippen LogP contribution is -2.30. The Morgan fingerprint density at radius 2 is 1.85 bits per heavy atom. The molecule has 0 fully saturated rings. The van der Waals surface area contributed by atoms with Gasteiger partial charge in [0.15, 0.2) is 0 Å². The molecule has 1 aromatic rings. The summed E-state index contributed by atoms with van der Waals surface area (Å²) in [5.74, 6) is -3.33. The Labute approximate surface area is 150 Å². The third kappa shape index (κ3) is 8.87. The Morgan fingerprint density at radius 3 is 2.38 bits per heavy atom. The summed E-state index contributed by atoms with van der Waals surface area (Å²) in [6.45, 7) is -0.520. The van der Waals surface area contributed by atoms with Crippen molar-refractivity contribution in [1.29, 1.82) is 0 Å². The third-order valence-corrected chi connectivity index (χ3v) is 4.74. The Hall–Kier alpha value is -2.06. The molecule has 0 bridgehead atoms. The number of nitrogens with one attached hydrogen (secondary N) is 1. The van der Waals surface area contributed by atoms with Gasteiger partial charge in [0.25, 0.3) is 0 Å². The topological polar surface area (TPSA) is 150 Å². The van der Waals surface area contributed by atoms with Gasteiger partial charge >= 0.3 is 19.7 Å². The first-order valence-corrected chi connectivity index (χ1v) is 9.50. The van der Waals surface area contributed by atoms with Crippen LogP contribution in [0.3, 0.4) is 0 Å². The van der Waals surface area contributed by atoms with E-state index < -0.39 is 38.3 Å². The van der Waals surface area contributed by atoms with Crippen molar-refractivity contribution < 1.29 is 38.6 Å². The number of aldehydes is 1. The van der Waals surface area contributed by atoms with E-state index in [-0.39, 0.29) is 19.3 Å². The van der Waals surface area contributed by atoms with Crippen LogP contribution in [0, 0.1) is 5.92 Å². The van der Waals surface area contributed by atoms with Crippen LogP contribution in [0.1, 0.15) is 24.8 Å². The average molecular weight is 387 g/mol. The number of carbonyl (C=O) groups excluding carboxylic acids is 1. The molecule has 0 aliphatic carbocycles. The lowest BCUT2D eigenvalue weighted by Gasteiger charge is -2.19. The van der Waals surface area contributed by atoms with Gasteiger partial charge in [-0.25, -0.2) is 9.65 Å². The number of carbonyl (C=O) groups is 3. The molecule has 26 heavy (non-hydrogen) atoms. The maximum atomic E-state index is 12.0. The lowest BCUT2D eigenvalue weighted by atomic mass is 10.0. The highest BCUT2D eigenvalue weighted by Gasteiger charge is 2.28. The van der Waals surface area contributed by atoms with Gasteiger partial charge in [0, 0.05) is 6.42 Å². The highest BCUT2D eigenvalue weighted by atomic mass is 31.2. The SMILES string of the molecule is O=C[C@H](CCC(=O)O)NP(=O)(O)OCC(CCc1ccccc1)C(=O)O. The zero-order valence-corrected chi connectivity index (χ0v) is 14.9. The van der Waals surface area contributed by atoms with Gasteiger partial charge in [-0.05, 0) is 24.8 Å². The van der Waals surface area contributed by atoms with Gasteiger partial charge < -0.3 is 19.9 Å². The second-order valence-corrected chi connectivity index (χ2v) is 7.24. The summed E-state index contributed by atoms with van der Waals surface area (Å²) in [6.07, 6.45) is 0.406. The van der Waals surface area contributed by atoms with Crippen molar-refractivity contribution in [3.8, 4) is 0 Å². The van der Waals surface area contributed by atoms with Crippen LogP contribution < -0.4 is 5.09 Å². The van der Waals surface area contributed by atoms with E-state index in [1.165, 1.54) is 0 Å². The summed E-state index contributed by atoms with van der Waals surface area (Å²) in [7, 11) is -4.45. The van der Waals surface area contributed by atoms with Crippen LogP contribution in [0.4, 0.5) is 0 Å². The predicted molar refractivity (Wildman–Crippen MR) is 91.5 cm³/mol. The van der Waals surface area contributed by atoms with Gasteiger partial charge in [0.1, 0.15) is 6.29 Å². The molecule has 4 N–H and O–H groups in total. The first kappa shape index (κ1) is 22.0. The standard InChI is InChI=1S/C16H22NO8P/c18-10-14(8-9-15(19)20)17-26(23,24)25-11-13(16(21)22)7-6-12-4-2-1-3-5-12/h1-5,10,13-14H,6-9,11H2,(H,19,20)(H,21,22)(H2,17,23,24)/t13?,14-/m0/s1. The highest BCUT2D eigenvalue weighted by Crippen LogP contribution is 2.38. The zero-order valence-electron chi connectivity index (χ0n) is 14.0. The summed E-state index contributed by atoms with van der Waals surface area (Å²) in [5, 5.41) is 19.8. The Morgan fingerprint density at radius 1 is 1.19 bits per heavy atom. The van der Waals surface area contributed by atoms with E-state index >= 15 is 0 Å². The maximum absolute atomic E-state index is 12.0. The largest absolute Gasteiger partial charge is 0.481 e. The molecule has 0 aliphatic rings. The molecule has 0 heterocycles. The summed E-state index contributed by atoms with van der Waals surface area (Å²) in [4.78, 5) is 42.4. The van der Waals surface area contributed by atoms with E-state index in [2.05, 4.69) is 0 Å². The van der Waals surface area contributed by atoms with Crippen molar-refractivity contribution in [1.82, 2.24) is 5.09 Å². The van der Waals surface area contributed by atoms with Gasteiger partial charge in [0.05, 0.1) is 18.6 Å². The zero-order chi connectivity index (χ0) is 19.6. The van der Waals surface area contributed by atoms with Crippen LogP contribution in [0.5, 0.6) is 0 Å². The van der Waals surface area contributed by atoms with Crippen molar-refractivity contribution in [2.75, 3.05) is 6.61 Å². The van der Waals surface area contributed by atoms with Gasteiger partial charge in [-0.3, -0.25) is 14.1 Å². The minimum Gasteiger partial charge on any atom is -0.481 e. The molecule has 0 radical (unpaired) electrons. The fourth-order valence-electron chi connectivity index (χ4n) is 2.14.